The Hall–Kier alpha value is -2.78. The van der Waals surface area contributed by atoms with E-state index in [2.05, 4.69) is 4.98 Å². The van der Waals surface area contributed by atoms with Gasteiger partial charge in [0.1, 0.15) is 5.75 Å². The number of piperazine rings is 1. The summed E-state index contributed by atoms with van der Waals surface area (Å²) in [5.41, 5.74) is 1.91. The SMILES string of the molecule is COc1ccc(S(=O)(=O)N2CCN(c3cccc4[nH]c(=O)oc34)CC2)cc1. The van der Waals surface area contributed by atoms with Crippen LogP contribution in [0.5, 0.6) is 5.75 Å². The second kappa shape index (κ2) is 6.75. The molecule has 0 saturated carbocycles. The number of H-pyrrole nitrogens is 1. The van der Waals surface area contributed by atoms with Crippen molar-refractivity contribution >= 4 is 26.8 Å². The second-order valence-electron chi connectivity index (χ2n) is 6.24. The lowest BCUT2D eigenvalue weighted by atomic mass is 10.2. The summed E-state index contributed by atoms with van der Waals surface area (Å²) in [7, 11) is -2.02. The standard InChI is InChI=1S/C18H19N3O5S/c1-25-13-5-7-14(8-6-13)27(23,24)21-11-9-20(10-12-21)16-4-2-3-15-17(16)26-18(22)19-15/h2-8H,9-12H2,1H3,(H,19,22). The summed E-state index contributed by atoms with van der Waals surface area (Å²) in [5.74, 6) is 0.109. The monoisotopic (exact) mass is 389 g/mol. The van der Waals surface area contributed by atoms with E-state index < -0.39 is 15.8 Å². The van der Waals surface area contributed by atoms with Gasteiger partial charge in [-0.1, -0.05) is 6.07 Å². The quantitative estimate of drug-likeness (QED) is 0.729. The number of methoxy groups -OCH3 is 1. The number of anilines is 1. The molecule has 1 fully saturated rings. The van der Waals surface area contributed by atoms with E-state index >= 15 is 0 Å². The molecule has 27 heavy (non-hydrogen) atoms. The minimum atomic E-state index is -3.56. The van der Waals surface area contributed by atoms with Gasteiger partial charge in [-0.15, -0.1) is 0 Å². The molecular formula is C18H19N3O5S. The Bertz CT molecular complexity index is 1110. The van der Waals surface area contributed by atoms with E-state index in [1.807, 2.05) is 17.0 Å². The molecule has 0 unspecified atom stereocenters. The van der Waals surface area contributed by atoms with Crippen LogP contribution in [0, 0.1) is 0 Å². The van der Waals surface area contributed by atoms with Crippen molar-refractivity contribution in [1.29, 1.82) is 0 Å². The third-order valence-corrected chi connectivity index (χ3v) is 6.62. The predicted molar refractivity (Wildman–Crippen MR) is 101 cm³/mol. The van der Waals surface area contributed by atoms with Gasteiger partial charge in [0, 0.05) is 26.2 Å². The molecular weight excluding hydrogens is 370 g/mol. The van der Waals surface area contributed by atoms with E-state index in [1.165, 1.54) is 11.4 Å². The van der Waals surface area contributed by atoms with Crippen LogP contribution in [-0.2, 0) is 10.0 Å². The first kappa shape index (κ1) is 17.6. The van der Waals surface area contributed by atoms with Gasteiger partial charge in [-0.2, -0.15) is 4.31 Å². The lowest BCUT2D eigenvalue weighted by Crippen LogP contribution is -2.48. The number of benzene rings is 2. The van der Waals surface area contributed by atoms with Crippen molar-refractivity contribution in [1.82, 2.24) is 9.29 Å². The summed E-state index contributed by atoms with van der Waals surface area (Å²) in [6.07, 6.45) is 0. The normalized spacial score (nSPS) is 16.0. The maximum atomic E-state index is 12.8. The molecule has 2 aromatic carbocycles. The highest BCUT2D eigenvalue weighted by Gasteiger charge is 2.29. The van der Waals surface area contributed by atoms with Crippen LogP contribution in [0.15, 0.2) is 56.6 Å². The second-order valence-corrected chi connectivity index (χ2v) is 8.17. The summed E-state index contributed by atoms with van der Waals surface area (Å²) in [6, 6.07) is 11.9. The molecule has 8 nitrogen and oxygen atoms in total. The molecule has 9 heteroatoms. The van der Waals surface area contributed by atoms with Crippen LogP contribution in [-0.4, -0.2) is 51.0 Å². The molecule has 142 valence electrons. The number of nitrogens with one attached hydrogen (secondary N) is 1. The highest BCUT2D eigenvalue weighted by atomic mass is 32.2. The minimum absolute atomic E-state index is 0.246. The van der Waals surface area contributed by atoms with Crippen molar-refractivity contribution in [2.24, 2.45) is 0 Å². The van der Waals surface area contributed by atoms with Gasteiger partial charge < -0.3 is 14.1 Å². The fraction of sp³-hybridized carbons (Fsp3) is 0.278. The highest BCUT2D eigenvalue weighted by Crippen LogP contribution is 2.27. The number of hydrogen-bond donors (Lipinski definition) is 1. The summed E-state index contributed by atoms with van der Waals surface area (Å²) in [5, 5.41) is 0. The molecule has 2 heterocycles. The van der Waals surface area contributed by atoms with Crippen molar-refractivity contribution in [3.05, 3.63) is 53.0 Å². The van der Waals surface area contributed by atoms with E-state index in [-0.39, 0.29) is 4.90 Å². The van der Waals surface area contributed by atoms with Crippen LogP contribution in [0.1, 0.15) is 0 Å². The first-order valence-corrected chi connectivity index (χ1v) is 9.94. The zero-order chi connectivity index (χ0) is 19.0. The molecule has 1 N–H and O–H groups in total. The third-order valence-electron chi connectivity index (χ3n) is 4.70. The molecule has 1 aromatic heterocycles. The number of rotatable bonds is 4. The predicted octanol–water partition coefficient (Wildman–Crippen LogP) is 1.64. The largest absolute Gasteiger partial charge is 0.497 e. The van der Waals surface area contributed by atoms with E-state index in [0.29, 0.717) is 43.0 Å². The number of sulfonamides is 1. The molecule has 0 spiro atoms. The number of para-hydroxylation sites is 1. The van der Waals surface area contributed by atoms with Crippen LogP contribution in [0.25, 0.3) is 11.1 Å². The lowest BCUT2D eigenvalue weighted by molar-refractivity contribution is 0.384. The van der Waals surface area contributed by atoms with Crippen LogP contribution in [0.3, 0.4) is 0 Å². The van der Waals surface area contributed by atoms with Crippen LogP contribution < -0.4 is 15.4 Å². The summed E-state index contributed by atoms with van der Waals surface area (Å²) < 4.78 is 37.5. The van der Waals surface area contributed by atoms with Crippen LogP contribution >= 0.6 is 0 Å². The van der Waals surface area contributed by atoms with Crippen molar-refractivity contribution < 1.29 is 17.6 Å². The average Bonchev–Trinajstić information content (AvgIpc) is 3.08. The van der Waals surface area contributed by atoms with Gasteiger partial charge >= 0.3 is 5.76 Å². The summed E-state index contributed by atoms with van der Waals surface area (Å²) in [6.45, 7) is 1.70. The third kappa shape index (κ3) is 3.19. The number of aromatic nitrogens is 1. The Morgan fingerprint density at radius 3 is 2.41 bits per heavy atom. The van der Waals surface area contributed by atoms with Gasteiger partial charge in [0.15, 0.2) is 5.58 Å². The number of oxazole rings is 1. The lowest BCUT2D eigenvalue weighted by Gasteiger charge is -2.35. The number of hydrogen-bond acceptors (Lipinski definition) is 6. The van der Waals surface area contributed by atoms with Gasteiger partial charge in [0.05, 0.1) is 23.2 Å². The fourth-order valence-corrected chi connectivity index (χ4v) is 4.70. The molecule has 1 saturated heterocycles. The number of aromatic amines is 1. The zero-order valence-electron chi connectivity index (χ0n) is 14.7. The maximum Gasteiger partial charge on any atom is 0.417 e. The molecule has 3 aromatic rings. The smallest absolute Gasteiger partial charge is 0.417 e. The Balaban J connectivity index is 1.53. The van der Waals surface area contributed by atoms with E-state index in [9.17, 15) is 13.2 Å². The Morgan fingerprint density at radius 1 is 1.04 bits per heavy atom. The number of ether oxygens (including phenoxy) is 1. The highest BCUT2D eigenvalue weighted by molar-refractivity contribution is 7.89. The molecule has 0 radical (unpaired) electrons. The molecule has 0 atom stereocenters. The minimum Gasteiger partial charge on any atom is -0.497 e. The van der Waals surface area contributed by atoms with Gasteiger partial charge in [0.2, 0.25) is 10.0 Å². The van der Waals surface area contributed by atoms with Gasteiger partial charge in [0.25, 0.3) is 0 Å². The number of fused-ring (bicyclic) bond motifs is 1. The molecule has 0 bridgehead atoms. The Labute approximate surface area is 156 Å². The van der Waals surface area contributed by atoms with E-state index in [4.69, 9.17) is 9.15 Å². The Kier molecular flexibility index (Phi) is 4.40. The molecule has 4 rings (SSSR count). The average molecular weight is 389 g/mol. The van der Waals surface area contributed by atoms with Crippen LogP contribution in [0.2, 0.25) is 0 Å². The van der Waals surface area contributed by atoms with Crippen molar-refractivity contribution in [3.8, 4) is 5.75 Å². The maximum absolute atomic E-state index is 12.8. The number of nitrogens with zero attached hydrogens (tertiary/aromatic N) is 2. The van der Waals surface area contributed by atoms with E-state index in [1.54, 1.807) is 30.3 Å². The van der Waals surface area contributed by atoms with Crippen molar-refractivity contribution in [2.45, 2.75) is 4.90 Å². The fourth-order valence-electron chi connectivity index (χ4n) is 3.27. The van der Waals surface area contributed by atoms with Gasteiger partial charge in [-0.3, -0.25) is 4.98 Å². The van der Waals surface area contributed by atoms with Crippen molar-refractivity contribution in [3.63, 3.8) is 0 Å². The van der Waals surface area contributed by atoms with Gasteiger partial charge in [-0.25, -0.2) is 13.2 Å². The summed E-state index contributed by atoms with van der Waals surface area (Å²) in [4.78, 5) is 16.4. The van der Waals surface area contributed by atoms with Crippen LogP contribution in [0.4, 0.5) is 5.69 Å². The first-order valence-electron chi connectivity index (χ1n) is 8.50. The van der Waals surface area contributed by atoms with E-state index in [0.717, 1.165) is 5.69 Å². The molecule has 1 aliphatic rings. The topological polar surface area (TPSA) is 95.9 Å². The Morgan fingerprint density at radius 2 is 1.74 bits per heavy atom. The molecule has 1 aliphatic heterocycles. The van der Waals surface area contributed by atoms with Gasteiger partial charge in [-0.05, 0) is 36.4 Å². The molecule has 0 amide bonds. The summed E-state index contributed by atoms with van der Waals surface area (Å²) >= 11 is 0. The molecule has 0 aliphatic carbocycles. The van der Waals surface area contributed by atoms with Crippen molar-refractivity contribution in [2.75, 3.05) is 38.2 Å². The zero-order valence-corrected chi connectivity index (χ0v) is 15.5. The first-order chi connectivity index (χ1) is 13.0.